The van der Waals surface area contributed by atoms with Crippen LogP contribution >= 0.6 is 0 Å². The topological polar surface area (TPSA) is 138 Å². The smallest absolute Gasteiger partial charge is 0.430 e. The molecule has 0 bridgehead atoms. The Bertz CT molecular complexity index is 1190. The first-order valence-electron chi connectivity index (χ1n) is 11.6. The first-order chi connectivity index (χ1) is 17.0. The van der Waals surface area contributed by atoms with Crippen LogP contribution in [-0.2, 0) is 11.3 Å². The summed E-state index contributed by atoms with van der Waals surface area (Å²) < 4.78 is 33.3. The van der Waals surface area contributed by atoms with Crippen molar-refractivity contribution in [3.05, 3.63) is 59.8 Å². The molecule has 3 aromatic rings. The molecule has 5 N–H and O–H groups in total. The summed E-state index contributed by atoms with van der Waals surface area (Å²) >= 11 is 0. The summed E-state index contributed by atoms with van der Waals surface area (Å²) in [6.45, 7) is 2.17. The number of aliphatic carboxylic acids is 1. The fourth-order valence-electron chi connectivity index (χ4n) is 4.43. The van der Waals surface area contributed by atoms with Gasteiger partial charge >= 0.3 is 6.18 Å². The van der Waals surface area contributed by atoms with E-state index >= 15 is 0 Å². The summed E-state index contributed by atoms with van der Waals surface area (Å²) in [5.41, 5.74) is 8.81. The zero-order valence-electron chi connectivity index (χ0n) is 19.6. The highest BCUT2D eigenvalue weighted by Gasteiger charge is 2.33. The summed E-state index contributed by atoms with van der Waals surface area (Å²) in [5, 5.41) is 26.4. The van der Waals surface area contributed by atoms with E-state index in [1.807, 2.05) is 30.5 Å². The van der Waals surface area contributed by atoms with Gasteiger partial charge in [-0.25, -0.2) is 4.68 Å². The number of fused-ring (bicyclic) bond motifs is 1. The number of nitrogens with zero attached hydrogens (tertiary/aromatic N) is 2. The second-order valence-corrected chi connectivity index (χ2v) is 9.05. The molecule has 0 radical (unpaired) electrons. The van der Waals surface area contributed by atoms with Gasteiger partial charge in [-0.2, -0.15) is 18.3 Å². The van der Waals surface area contributed by atoms with Crippen molar-refractivity contribution >= 4 is 22.8 Å². The Balaban J connectivity index is 0.000000454. The predicted octanol–water partition coefficient (Wildman–Crippen LogP) is 1.43. The highest BCUT2D eigenvalue weighted by molar-refractivity contribution is 6.04. The third-order valence-electron chi connectivity index (χ3n) is 6.44. The molecule has 1 aromatic heterocycles. The summed E-state index contributed by atoms with van der Waals surface area (Å²) in [5.74, 6) is -3.47. The van der Waals surface area contributed by atoms with E-state index in [9.17, 15) is 23.1 Å². The van der Waals surface area contributed by atoms with E-state index in [4.69, 9.17) is 15.6 Å². The number of carboxylic acid groups (broad SMARTS) is 1. The van der Waals surface area contributed by atoms with Gasteiger partial charge in [0.1, 0.15) is 18.0 Å². The molecule has 1 aliphatic carbocycles. The fourth-order valence-corrected chi connectivity index (χ4v) is 4.43. The van der Waals surface area contributed by atoms with Crippen molar-refractivity contribution in [2.75, 3.05) is 13.2 Å². The lowest BCUT2D eigenvalue weighted by molar-refractivity contribution is -0.683. The Kier molecular flexibility index (Phi) is 8.70. The maximum atomic E-state index is 11.6. The van der Waals surface area contributed by atoms with Gasteiger partial charge in [-0.1, -0.05) is 43.5 Å². The van der Waals surface area contributed by atoms with E-state index in [2.05, 4.69) is 22.5 Å². The lowest BCUT2D eigenvalue weighted by Crippen LogP contribution is -2.86. The van der Waals surface area contributed by atoms with Crippen LogP contribution in [0, 0.1) is 5.41 Å². The Labute approximate surface area is 205 Å². The number of rotatable bonds is 7. The van der Waals surface area contributed by atoms with Gasteiger partial charge in [-0.3, -0.25) is 4.79 Å². The molecule has 11 heteroatoms. The molecule has 36 heavy (non-hydrogen) atoms. The normalized spacial score (nSPS) is 15.2. The number of aromatic nitrogens is 2. The molecule has 2 aromatic carbocycles. The predicted molar refractivity (Wildman–Crippen MR) is 124 cm³/mol. The van der Waals surface area contributed by atoms with Gasteiger partial charge in [0.2, 0.25) is 0 Å². The average Bonchev–Trinajstić information content (AvgIpc) is 3.29. The molecular formula is C25H29F3N4O4. The molecular weight excluding hydrogens is 477 g/mol. The van der Waals surface area contributed by atoms with E-state index < -0.39 is 18.1 Å². The van der Waals surface area contributed by atoms with Crippen LogP contribution in [0.25, 0.3) is 16.6 Å². The molecule has 1 fully saturated rings. The summed E-state index contributed by atoms with van der Waals surface area (Å²) in [4.78, 5) is 20.4. The lowest BCUT2D eigenvalue weighted by Gasteiger charge is -2.33. The molecule has 0 saturated heterocycles. The number of aliphatic hydroxyl groups excluding tert-OH is 1. The Morgan fingerprint density at radius 1 is 1.11 bits per heavy atom. The zero-order chi connectivity index (χ0) is 26.3. The van der Waals surface area contributed by atoms with Gasteiger partial charge in [0.15, 0.2) is 0 Å². The number of aliphatic hydroxyl groups is 1. The number of halogens is 3. The van der Waals surface area contributed by atoms with Crippen LogP contribution in [0.15, 0.2) is 48.7 Å². The highest BCUT2D eigenvalue weighted by Crippen LogP contribution is 2.34. The van der Waals surface area contributed by atoms with Crippen LogP contribution in [0.3, 0.4) is 0 Å². The van der Waals surface area contributed by atoms with Gasteiger partial charge in [0, 0.05) is 22.6 Å². The Morgan fingerprint density at radius 2 is 1.75 bits per heavy atom. The number of hydrogen-bond donors (Lipinski definition) is 3. The van der Waals surface area contributed by atoms with Gasteiger partial charge in [-0.15, -0.1) is 0 Å². The second kappa shape index (κ2) is 11.5. The number of hydrogen-bond acceptors (Lipinski definition) is 5. The molecule has 0 spiro atoms. The van der Waals surface area contributed by atoms with E-state index in [1.165, 1.54) is 24.8 Å². The van der Waals surface area contributed by atoms with E-state index in [1.54, 1.807) is 10.7 Å². The molecule has 1 aliphatic rings. The quantitative estimate of drug-likeness (QED) is 0.445. The van der Waals surface area contributed by atoms with Crippen molar-refractivity contribution in [3.63, 3.8) is 0 Å². The van der Waals surface area contributed by atoms with E-state index in [0.29, 0.717) is 17.7 Å². The third-order valence-corrected chi connectivity index (χ3v) is 6.44. The Hall–Kier alpha value is -3.44. The van der Waals surface area contributed by atoms with Gasteiger partial charge < -0.3 is 26.1 Å². The molecule has 0 atom stereocenters. The summed E-state index contributed by atoms with van der Waals surface area (Å²) in [6.07, 6.45) is 2.76. The molecule has 0 aliphatic heterocycles. The zero-order valence-corrected chi connectivity index (χ0v) is 19.6. The molecule has 0 unspecified atom stereocenters. The van der Waals surface area contributed by atoms with Gasteiger partial charge in [0.05, 0.1) is 24.4 Å². The molecule has 1 heterocycles. The number of quaternary nitrogens is 1. The summed E-state index contributed by atoms with van der Waals surface area (Å²) in [6, 6.07) is 13.8. The fraction of sp³-hybridized carbons (Fsp3) is 0.400. The highest BCUT2D eigenvalue weighted by atomic mass is 19.4. The van der Waals surface area contributed by atoms with Crippen molar-refractivity contribution in [2.24, 2.45) is 11.1 Å². The monoisotopic (exact) mass is 506 g/mol. The lowest BCUT2D eigenvalue weighted by atomic mass is 9.74. The number of benzene rings is 2. The van der Waals surface area contributed by atoms with E-state index in [0.717, 1.165) is 37.0 Å². The first-order valence-corrected chi connectivity index (χ1v) is 11.6. The molecule has 1 saturated carbocycles. The number of nitrogens with two attached hydrogens (primary N) is 2. The third kappa shape index (κ3) is 6.82. The van der Waals surface area contributed by atoms with Crippen LogP contribution in [0.5, 0.6) is 0 Å². The number of carbonyl (C=O) groups is 2. The molecule has 194 valence electrons. The number of carbonyl (C=O) groups excluding carboxylic acids is 2. The average molecular weight is 507 g/mol. The standard InChI is InChI=1S/C23H28N4O2.C2HF3O2/c24-22(29)20-6-4-5-18-14-27(26-21(18)20)19-9-7-17(8-10-19)13-25-15-23(16-28)11-2-1-3-12-23;3-2(4,5)1(6)7/h4-10,14,25,28H,1-3,11-13,15-16H2,(H2,24,29);(H,6,7). The van der Waals surface area contributed by atoms with Crippen LogP contribution in [-0.4, -0.2) is 46.1 Å². The first kappa shape index (κ1) is 27.2. The van der Waals surface area contributed by atoms with Crippen molar-refractivity contribution in [3.8, 4) is 5.69 Å². The van der Waals surface area contributed by atoms with Gasteiger partial charge in [-0.05, 0) is 31.0 Å². The van der Waals surface area contributed by atoms with Crippen LogP contribution in [0.4, 0.5) is 13.2 Å². The van der Waals surface area contributed by atoms with E-state index in [-0.39, 0.29) is 5.41 Å². The minimum atomic E-state index is -5.19. The minimum Gasteiger partial charge on any atom is -0.542 e. The minimum absolute atomic E-state index is 0.103. The number of carboxylic acids is 1. The molecule has 4 rings (SSSR count). The van der Waals surface area contributed by atoms with Crippen LogP contribution < -0.4 is 16.2 Å². The number of amides is 1. The molecule has 8 nitrogen and oxygen atoms in total. The van der Waals surface area contributed by atoms with Crippen molar-refractivity contribution in [1.82, 2.24) is 9.78 Å². The van der Waals surface area contributed by atoms with Crippen molar-refractivity contribution in [1.29, 1.82) is 0 Å². The number of alkyl halides is 3. The SMILES string of the molecule is NC(=O)c1cccc2cn(-c3ccc(C[NH2+]CC4(CO)CCCCC4)cc3)nc12.O=C([O-])C(F)(F)F. The Morgan fingerprint density at radius 3 is 2.31 bits per heavy atom. The van der Waals surface area contributed by atoms with Crippen molar-refractivity contribution in [2.45, 2.75) is 44.8 Å². The summed E-state index contributed by atoms with van der Waals surface area (Å²) in [7, 11) is 0. The second-order valence-electron chi connectivity index (χ2n) is 9.05. The molecule has 1 amide bonds. The largest absolute Gasteiger partial charge is 0.542 e. The maximum absolute atomic E-state index is 11.6. The number of primary amides is 1. The van der Waals surface area contributed by atoms with Crippen LogP contribution in [0.1, 0.15) is 48.0 Å². The van der Waals surface area contributed by atoms with Crippen LogP contribution in [0.2, 0.25) is 0 Å². The maximum Gasteiger partial charge on any atom is 0.430 e. The van der Waals surface area contributed by atoms with Gasteiger partial charge in [0.25, 0.3) is 5.91 Å². The van der Waals surface area contributed by atoms with Crippen molar-refractivity contribution < 1.29 is 38.3 Å².